The molecule has 0 radical (unpaired) electrons. The van der Waals surface area contributed by atoms with Gasteiger partial charge in [0, 0.05) is 7.05 Å². The number of ether oxygens (including phenoxy) is 1. The SMILES string of the molecule is Cn1nc(Br)c2c(NCc3ccc(OC(F)F)cn3)ncnc21. The lowest BCUT2D eigenvalue weighted by atomic mass is 10.3. The Morgan fingerprint density at radius 1 is 1.30 bits per heavy atom. The summed E-state index contributed by atoms with van der Waals surface area (Å²) in [4.78, 5) is 12.4. The summed E-state index contributed by atoms with van der Waals surface area (Å²) in [6.45, 7) is -2.50. The zero-order valence-corrected chi connectivity index (χ0v) is 13.5. The van der Waals surface area contributed by atoms with Crippen LogP contribution in [0, 0.1) is 0 Å². The molecule has 1 N–H and O–H groups in total. The van der Waals surface area contributed by atoms with Crippen molar-refractivity contribution in [3.05, 3.63) is 35.0 Å². The monoisotopic (exact) mass is 384 g/mol. The van der Waals surface area contributed by atoms with Gasteiger partial charge in [-0.3, -0.25) is 4.98 Å². The zero-order valence-electron chi connectivity index (χ0n) is 11.9. The van der Waals surface area contributed by atoms with Gasteiger partial charge in [0.1, 0.15) is 22.5 Å². The van der Waals surface area contributed by atoms with Crippen LogP contribution in [-0.2, 0) is 13.6 Å². The highest BCUT2D eigenvalue weighted by Gasteiger charge is 2.13. The molecule has 23 heavy (non-hydrogen) atoms. The number of aryl methyl sites for hydroxylation is 1. The Morgan fingerprint density at radius 2 is 2.13 bits per heavy atom. The van der Waals surface area contributed by atoms with Crippen molar-refractivity contribution >= 4 is 32.8 Å². The normalized spacial score (nSPS) is 11.2. The average molecular weight is 385 g/mol. The summed E-state index contributed by atoms with van der Waals surface area (Å²) in [5.74, 6) is 0.618. The van der Waals surface area contributed by atoms with Crippen LogP contribution in [0.5, 0.6) is 5.75 Å². The van der Waals surface area contributed by atoms with Crippen LogP contribution in [0.1, 0.15) is 5.69 Å². The predicted octanol–water partition coefficient (Wildman–Crippen LogP) is 2.73. The van der Waals surface area contributed by atoms with Gasteiger partial charge in [-0.2, -0.15) is 13.9 Å². The van der Waals surface area contributed by atoms with Gasteiger partial charge in [0.25, 0.3) is 0 Å². The first-order valence-electron chi connectivity index (χ1n) is 6.51. The lowest BCUT2D eigenvalue weighted by Crippen LogP contribution is -2.06. The maximum atomic E-state index is 12.1. The lowest BCUT2D eigenvalue weighted by Gasteiger charge is -2.07. The summed E-state index contributed by atoms with van der Waals surface area (Å²) >= 11 is 3.37. The van der Waals surface area contributed by atoms with Crippen molar-refractivity contribution in [2.45, 2.75) is 13.2 Å². The Kier molecular flexibility index (Phi) is 4.33. The minimum absolute atomic E-state index is 0.0168. The standard InChI is InChI=1S/C13H11BrF2N6O/c1-22-12-9(10(14)21-22)11(19-6-20-12)18-4-7-2-3-8(5-17-7)23-13(15)16/h2-3,5-6,13H,4H2,1H3,(H,18,19,20). The predicted molar refractivity (Wildman–Crippen MR) is 82.2 cm³/mol. The van der Waals surface area contributed by atoms with Crippen LogP contribution in [0.2, 0.25) is 0 Å². The molecule has 3 heterocycles. The molecule has 0 fully saturated rings. The largest absolute Gasteiger partial charge is 0.433 e. The number of anilines is 1. The van der Waals surface area contributed by atoms with E-state index in [0.717, 1.165) is 5.39 Å². The van der Waals surface area contributed by atoms with Crippen molar-refractivity contribution in [2.24, 2.45) is 7.05 Å². The molecule has 0 saturated heterocycles. The summed E-state index contributed by atoms with van der Waals surface area (Å²) in [7, 11) is 1.78. The third-order valence-electron chi connectivity index (χ3n) is 3.04. The summed E-state index contributed by atoms with van der Waals surface area (Å²) in [5, 5.41) is 8.12. The molecule has 0 saturated carbocycles. The fraction of sp³-hybridized carbons (Fsp3) is 0.231. The first kappa shape index (κ1) is 15.5. The van der Waals surface area contributed by atoms with Crippen LogP contribution in [0.4, 0.5) is 14.6 Å². The number of nitrogens with one attached hydrogen (secondary N) is 1. The van der Waals surface area contributed by atoms with Crippen LogP contribution in [0.15, 0.2) is 29.3 Å². The molecule has 0 bridgehead atoms. The molecule has 0 aliphatic carbocycles. The molecule has 0 unspecified atom stereocenters. The molecular weight excluding hydrogens is 374 g/mol. The van der Waals surface area contributed by atoms with E-state index in [4.69, 9.17) is 0 Å². The molecule has 0 atom stereocenters. The van der Waals surface area contributed by atoms with Gasteiger partial charge in [-0.15, -0.1) is 0 Å². The van der Waals surface area contributed by atoms with E-state index in [1.54, 1.807) is 17.8 Å². The summed E-state index contributed by atoms with van der Waals surface area (Å²) in [6.07, 6.45) is 2.69. The molecule has 120 valence electrons. The van der Waals surface area contributed by atoms with Crippen molar-refractivity contribution in [2.75, 3.05) is 5.32 Å². The number of rotatable bonds is 5. The van der Waals surface area contributed by atoms with Gasteiger partial charge in [0.2, 0.25) is 0 Å². The Bertz CT molecular complexity index is 823. The molecule has 3 aromatic heterocycles. The van der Waals surface area contributed by atoms with Crippen molar-refractivity contribution in [1.82, 2.24) is 24.7 Å². The molecule has 0 aliphatic heterocycles. The van der Waals surface area contributed by atoms with Gasteiger partial charge in [-0.25, -0.2) is 14.6 Å². The number of pyridine rings is 1. The maximum absolute atomic E-state index is 12.1. The van der Waals surface area contributed by atoms with Crippen LogP contribution in [-0.4, -0.2) is 31.3 Å². The minimum atomic E-state index is -2.86. The van der Waals surface area contributed by atoms with Gasteiger partial charge in [0.15, 0.2) is 5.65 Å². The highest BCUT2D eigenvalue weighted by atomic mass is 79.9. The second-order valence-electron chi connectivity index (χ2n) is 4.55. The van der Waals surface area contributed by atoms with E-state index in [2.05, 4.69) is 46.0 Å². The van der Waals surface area contributed by atoms with E-state index in [1.807, 2.05) is 0 Å². The summed E-state index contributed by atoms with van der Waals surface area (Å²) in [6, 6.07) is 3.03. The van der Waals surface area contributed by atoms with Crippen molar-refractivity contribution in [3.63, 3.8) is 0 Å². The Hall–Kier alpha value is -2.36. The van der Waals surface area contributed by atoms with Crippen LogP contribution in [0.3, 0.4) is 0 Å². The molecule has 0 amide bonds. The summed E-state index contributed by atoms with van der Waals surface area (Å²) in [5.41, 5.74) is 1.33. The van der Waals surface area contributed by atoms with Gasteiger partial charge >= 0.3 is 6.61 Å². The molecule has 10 heteroatoms. The third-order valence-corrected chi connectivity index (χ3v) is 3.59. The van der Waals surface area contributed by atoms with E-state index < -0.39 is 6.61 Å². The third kappa shape index (κ3) is 3.36. The molecule has 0 spiro atoms. The fourth-order valence-electron chi connectivity index (χ4n) is 2.04. The van der Waals surface area contributed by atoms with Gasteiger partial charge in [-0.1, -0.05) is 0 Å². The highest BCUT2D eigenvalue weighted by molar-refractivity contribution is 9.10. The molecule has 3 rings (SSSR count). The van der Waals surface area contributed by atoms with Crippen LogP contribution >= 0.6 is 15.9 Å². The number of fused-ring (bicyclic) bond motifs is 1. The van der Waals surface area contributed by atoms with Crippen LogP contribution < -0.4 is 10.1 Å². The smallest absolute Gasteiger partial charge is 0.387 e. The quantitative estimate of drug-likeness (QED) is 0.728. The molecule has 0 aromatic carbocycles. The van der Waals surface area contributed by atoms with Crippen molar-refractivity contribution in [1.29, 1.82) is 0 Å². The van der Waals surface area contributed by atoms with E-state index in [1.165, 1.54) is 18.6 Å². The maximum Gasteiger partial charge on any atom is 0.387 e. The topological polar surface area (TPSA) is 77.8 Å². The Balaban J connectivity index is 1.76. The van der Waals surface area contributed by atoms with Crippen molar-refractivity contribution < 1.29 is 13.5 Å². The minimum Gasteiger partial charge on any atom is -0.433 e. The van der Waals surface area contributed by atoms with E-state index in [-0.39, 0.29) is 5.75 Å². The number of alkyl halides is 2. The first-order chi connectivity index (χ1) is 11.0. The number of nitrogens with zero attached hydrogens (tertiary/aromatic N) is 5. The molecular formula is C13H11BrF2N6O. The van der Waals surface area contributed by atoms with E-state index in [9.17, 15) is 8.78 Å². The Morgan fingerprint density at radius 3 is 2.83 bits per heavy atom. The second-order valence-corrected chi connectivity index (χ2v) is 5.30. The number of aromatic nitrogens is 5. The molecule has 3 aromatic rings. The molecule has 7 nitrogen and oxygen atoms in total. The highest BCUT2D eigenvalue weighted by Crippen LogP contribution is 2.27. The fourth-order valence-corrected chi connectivity index (χ4v) is 2.64. The van der Waals surface area contributed by atoms with E-state index >= 15 is 0 Å². The zero-order chi connectivity index (χ0) is 16.4. The van der Waals surface area contributed by atoms with Crippen LogP contribution in [0.25, 0.3) is 11.0 Å². The number of hydrogen-bond acceptors (Lipinski definition) is 6. The van der Waals surface area contributed by atoms with Gasteiger partial charge in [0.05, 0.1) is 23.8 Å². The van der Waals surface area contributed by atoms with E-state index in [0.29, 0.717) is 28.3 Å². The number of halogens is 3. The average Bonchev–Trinajstić information content (AvgIpc) is 2.81. The van der Waals surface area contributed by atoms with Gasteiger partial charge in [-0.05, 0) is 28.1 Å². The lowest BCUT2D eigenvalue weighted by molar-refractivity contribution is -0.0500. The first-order valence-corrected chi connectivity index (χ1v) is 7.30. The second kappa shape index (κ2) is 6.41. The van der Waals surface area contributed by atoms with Crippen molar-refractivity contribution in [3.8, 4) is 5.75 Å². The van der Waals surface area contributed by atoms with Gasteiger partial charge < -0.3 is 10.1 Å². The molecule has 0 aliphatic rings. The summed E-state index contributed by atoms with van der Waals surface area (Å²) < 4.78 is 30.7. The number of hydrogen-bond donors (Lipinski definition) is 1. The Labute approximate surface area is 137 Å².